The van der Waals surface area contributed by atoms with Gasteiger partial charge in [-0.1, -0.05) is 0 Å². The van der Waals surface area contributed by atoms with Gasteiger partial charge in [-0.15, -0.1) is 0 Å². The average Bonchev–Trinajstić information content (AvgIpc) is 2.28. The molecule has 2 unspecified atom stereocenters. The molecule has 0 N–H and O–H groups in total. The Morgan fingerprint density at radius 2 is 2.45 bits per heavy atom. The number of rotatable bonds is 3. The van der Waals surface area contributed by atoms with E-state index in [9.17, 15) is 13.3 Å². The van der Waals surface area contributed by atoms with Crippen LogP contribution in [0.2, 0.25) is 0 Å². The summed E-state index contributed by atoms with van der Waals surface area (Å²) in [5.74, 6) is 0. The normalized spacial score (nSPS) is 37.8. The molecule has 0 aromatic carbocycles. The largest absolute Gasteiger partial charge is 0.477 e. The monoisotopic (exact) mass is 188 g/mol. The second-order valence-electron chi connectivity index (χ2n) is 1.78. The van der Waals surface area contributed by atoms with Gasteiger partial charge in [0, 0.05) is 0 Å². The highest BCUT2D eigenvalue weighted by atomic mass is 31.2. The van der Waals surface area contributed by atoms with Crippen LogP contribution in [0.4, 0.5) is 8.78 Å². The summed E-state index contributed by atoms with van der Waals surface area (Å²) in [4.78, 5) is 0. The Hall–Kier alpha value is -0.0300. The molecule has 0 amide bonds. The van der Waals surface area contributed by atoms with Crippen LogP contribution in [-0.2, 0) is 18.1 Å². The van der Waals surface area contributed by atoms with Crippen molar-refractivity contribution in [1.29, 1.82) is 0 Å². The number of alkyl halides is 2. The van der Waals surface area contributed by atoms with Gasteiger partial charge in [0.2, 0.25) is 6.36 Å². The minimum atomic E-state index is -3.76. The molecule has 4 nitrogen and oxygen atoms in total. The highest BCUT2D eigenvalue weighted by molar-refractivity contribution is 7.48. The fourth-order valence-electron chi connectivity index (χ4n) is 0.565. The van der Waals surface area contributed by atoms with E-state index in [4.69, 9.17) is 0 Å². The molecule has 0 saturated carbocycles. The van der Waals surface area contributed by atoms with Crippen molar-refractivity contribution in [3.63, 3.8) is 0 Å². The summed E-state index contributed by atoms with van der Waals surface area (Å²) < 4.78 is 47.3. The van der Waals surface area contributed by atoms with Crippen LogP contribution in [0.3, 0.4) is 0 Å². The highest BCUT2D eigenvalue weighted by Crippen LogP contribution is 2.54. The molecule has 0 aromatic rings. The fourth-order valence-corrected chi connectivity index (χ4v) is 1.69. The van der Waals surface area contributed by atoms with E-state index in [1.807, 2.05) is 0 Å². The number of halogens is 2. The first kappa shape index (κ1) is 9.06. The topological polar surface area (TPSA) is 44.8 Å². The van der Waals surface area contributed by atoms with Gasteiger partial charge in [-0.05, 0) is 0 Å². The molecule has 7 heteroatoms. The molecular weight excluding hydrogens is 181 g/mol. The van der Waals surface area contributed by atoms with Gasteiger partial charge >= 0.3 is 7.82 Å². The lowest BCUT2D eigenvalue weighted by molar-refractivity contribution is 0.0770. The van der Waals surface area contributed by atoms with Crippen LogP contribution in [0, 0.1) is 0 Å². The van der Waals surface area contributed by atoms with Crippen LogP contribution in [0.15, 0.2) is 0 Å². The predicted octanol–water partition coefficient (Wildman–Crippen LogP) is 1.42. The van der Waals surface area contributed by atoms with E-state index in [-0.39, 0.29) is 0 Å². The molecule has 1 heterocycles. The molecule has 0 spiro atoms. The zero-order valence-electron chi connectivity index (χ0n) is 5.53. The molecule has 66 valence electrons. The maximum absolute atomic E-state index is 12.2. The third kappa shape index (κ3) is 2.48. The third-order valence-corrected chi connectivity index (χ3v) is 2.38. The maximum Gasteiger partial charge on any atom is 0.477 e. The van der Waals surface area contributed by atoms with Gasteiger partial charge in [0.05, 0.1) is 6.61 Å². The van der Waals surface area contributed by atoms with Crippen molar-refractivity contribution < 1.29 is 26.9 Å². The van der Waals surface area contributed by atoms with E-state index >= 15 is 0 Å². The van der Waals surface area contributed by atoms with Crippen LogP contribution in [0.1, 0.15) is 0 Å². The second-order valence-corrected chi connectivity index (χ2v) is 3.40. The Morgan fingerprint density at radius 3 is 2.91 bits per heavy atom. The van der Waals surface area contributed by atoms with Gasteiger partial charge in [0.1, 0.15) is 13.3 Å². The summed E-state index contributed by atoms with van der Waals surface area (Å²) >= 11 is 0. The molecule has 0 aromatic heterocycles. The summed E-state index contributed by atoms with van der Waals surface area (Å²) in [6.07, 6.45) is -1.74. The molecule has 0 bridgehead atoms. The predicted molar refractivity (Wildman–Crippen MR) is 31.5 cm³/mol. The van der Waals surface area contributed by atoms with Gasteiger partial charge < -0.3 is 0 Å². The van der Waals surface area contributed by atoms with Crippen LogP contribution in [-0.4, -0.2) is 26.2 Å². The molecular formula is C4H7F2O4P. The van der Waals surface area contributed by atoms with Crippen molar-refractivity contribution in [3.8, 4) is 0 Å². The minimum absolute atomic E-state index is 0.413. The van der Waals surface area contributed by atoms with Gasteiger partial charge in [-0.3, -0.25) is 9.05 Å². The van der Waals surface area contributed by atoms with Crippen LogP contribution in [0.5, 0.6) is 0 Å². The molecule has 1 aliphatic rings. The number of phosphoric acid groups is 1. The van der Waals surface area contributed by atoms with Crippen molar-refractivity contribution in [2.75, 3.05) is 19.9 Å². The van der Waals surface area contributed by atoms with Crippen molar-refractivity contribution in [3.05, 3.63) is 0 Å². The molecule has 0 radical (unpaired) electrons. The highest BCUT2D eigenvalue weighted by Gasteiger charge is 2.38. The zero-order chi connectivity index (χ0) is 8.32. The smallest absolute Gasteiger partial charge is 0.284 e. The Kier molecular flexibility index (Phi) is 2.95. The van der Waals surface area contributed by atoms with E-state index in [1.54, 1.807) is 0 Å². The molecule has 1 rings (SSSR count). The zero-order valence-corrected chi connectivity index (χ0v) is 6.43. The number of hydrogen-bond donors (Lipinski definition) is 0. The van der Waals surface area contributed by atoms with Gasteiger partial charge in [0.25, 0.3) is 0 Å². The Balaban J connectivity index is 2.36. The summed E-state index contributed by atoms with van der Waals surface area (Å²) in [5.41, 5.74) is 0. The van der Waals surface area contributed by atoms with E-state index in [1.165, 1.54) is 0 Å². The SMILES string of the molecule is O=P1(OCCF)OCC(F)O1. The van der Waals surface area contributed by atoms with Crippen LogP contribution in [0.25, 0.3) is 0 Å². The molecule has 1 fully saturated rings. The van der Waals surface area contributed by atoms with Crippen molar-refractivity contribution in [1.82, 2.24) is 0 Å². The molecule has 11 heavy (non-hydrogen) atoms. The minimum Gasteiger partial charge on any atom is -0.284 e. The molecule has 1 aliphatic heterocycles. The first-order chi connectivity index (χ1) is 5.16. The quantitative estimate of drug-likeness (QED) is 0.628. The summed E-state index contributed by atoms with van der Waals surface area (Å²) in [7, 11) is -3.76. The van der Waals surface area contributed by atoms with E-state index < -0.39 is 34.1 Å². The first-order valence-corrected chi connectivity index (χ1v) is 4.40. The van der Waals surface area contributed by atoms with E-state index in [2.05, 4.69) is 13.6 Å². The third-order valence-electron chi connectivity index (χ3n) is 0.934. The Morgan fingerprint density at radius 1 is 1.73 bits per heavy atom. The average molecular weight is 188 g/mol. The van der Waals surface area contributed by atoms with Crippen molar-refractivity contribution in [2.24, 2.45) is 0 Å². The summed E-state index contributed by atoms with van der Waals surface area (Å²) in [6.45, 7) is -1.65. The summed E-state index contributed by atoms with van der Waals surface area (Å²) in [5, 5.41) is 0. The number of hydrogen-bond acceptors (Lipinski definition) is 4. The van der Waals surface area contributed by atoms with E-state index in [0.29, 0.717) is 0 Å². The van der Waals surface area contributed by atoms with Crippen molar-refractivity contribution >= 4 is 7.82 Å². The van der Waals surface area contributed by atoms with Gasteiger partial charge in [0.15, 0.2) is 0 Å². The van der Waals surface area contributed by atoms with Crippen molar-refractivity contribution in [2.45, 2.75) is 6.36 Å². The molecule has 0 aliphatic carbocycles. The lowest BCUT2D eigenvalue weighted by Crippen LogP contribution is -1.98. The number of phosphoric ester groups is 1. The van der Waals surface area contributed by atoms with E-state index in [0.717, 1.165) is 0 Å². The lowest BCUT2D eigenvalue weighted by Gasteiger charge is -2.06. The van der Waals surface area contributed by atoms with Gasteiger partial charge in [-0.25, -0.2) is 17.9 Å². The fraction of sp³-hybridized carbons (Fsp3) is 1.00. The second kappa shape index (κ2) is 3.58. The summed E-state index contributed by atoms with van der Waals surface area (Å²) in [6, 6.07) is 0. The first-order valence-electron chi connectivity index (χ1n) is 2.94. The Labute approximate surface area is 62.0 Å². The molecule has 2 atom stereocenters. The molecule has 1 saturated heterocycles. The standard InChI is InChI=1S/C4H7F2O4P/c5-1-2-8-11(7)9-3-4(6)10-11/h4H,1-3H2. The van der Waals surface area contributed by atoms with Crippen LogP contribution < -0.4 is 0 Å². The maximum atomic E-state index is 12.2. The Bertz CT molecular complexity index is 175. The van der Waals surface area contributed by atoms with Gasteiger partial charge in [-0.2, -0.15) is 0 Å². The van der Waals surface area contributed by atoms with Crippen LogP contribution >= 0.6 is 7.82 Å². The lowest BCUT2D eigenvalue weighted by atomic mass is 10.8.